The quantitative estimate of drug-likeness (QED) is 0.424. The number of rotatable bonds is 8. The van der Waals surface area contributed by atoms with Gasteiger partial charge in [0.1, 0.15) is 17.0 Å². The number of nitrogens with one attached hydrogen (secondary N) is 1. The Morgan fingerprint density at radius 3 is 2.47 bits per heavy atom. The first-order chi connectivity index (χ1) is 15.8. The highest BCUT2D eigenvalue weighted by molar-refractivity contribution is 7.90. The van der Waals surface area contributed by atoms with Crippen molar-refractivity contribution in [3.05, 3.63) is 57.5 Å². The van der Waals surface area contributed by atoms with Crippen LogP contribution < -0.4 is 4.72 Å². The summed E-state index contributed by atoms with van der Waals surface area (Å²) < 4.78 is 66.9. The molecule has 0 bridgehead atoms. The topological polar surface area (TPSA) is 94.0 Å². The molecule has 1 aromatic carbocycles. The lowest BCUT2D eigenvalue weighted by Gasteiger charge is -2.12. The zero-order valence-electron chi connectivity index (χ0n) is 18.8. The molecule has 3 aromatic rings. The molecule has 0 atom stereocenters. The van der Waals surface area contributed by atoms with E-state index in [4.69, 9.17) is 11.6 Å². The van der Waals surface area contributed by atoms with Gasteiger partial charge in [-0.25, -0.2) is 23.1 Å². The molecule has 0 aliphatic carbocycles. The predicted octanol–water partition coefficient (Wildman–Crippen LogP) is 5.02. The third-order valence-corrected chi connectivity index (χ3v) is 6.97. The zero-order valence-corrected chi connectivity index (χ0v) is 20.4. The van der Waals surface area contributed by atoms with E-state index >= 15 is 0 Å². The molecule has 0 aliphatic heterocycles. The Morgan fingerprint density at radius 2 is 1.85 bits per heavy atom. The van der Waals surface area contributed by atoms with Gasteiger partial charge in [0.25, 0.3) is 5.91 Å². The summed E-state index contributed by atoms with van der Waals surface area (Å²) in [6.45, 7) is 5.40. The second kappa shape index (κ2) is 9.91. The third-order valence-electron chi connectivity index (χ3n) is 5.29. The van der Waals surface area contributed by atoms with Gasteiger partial charge >= 0.3 is 6.18 Å². The Hall–Kier alpha value is -2.66. The molecule has 0 spiro atoms. The molecular weight excluding hydrogens is 493 g/mol. The smallest absolute Gasteiger partial charge is 0.308 e. The summed E-state index contributed by atoms with van der Waals surface area (Å²) in [5.74, 6) is -0.525. The van der Waals surface area contributed by atoms with Crippen molar-refractivity contribution in [2.24, 2.45) is 0 Å². The number of aryl methyl sites for hydroxylation is 2. The lowest BCUT2D eigenvalue weighted by molar-refractivity contribution is -0.137. The van der Waals surface area contributed by atoms with Crippen molar-refractivity contribution in [3.8, 4) is 0 Å². The number of carbonyl (C=O) groups is 1. The van der Waals surface area contributed by atoms with Crippen LogP contribution in [0.4, 0.5) is 13.2 Å². The van der Waals surface area contributed by atoms with E-state index in [9.17, 15) is 26.4 Å². The fraction of sp³-hybridized carbons (Fsp3) is 0.409. The number of aromatic nitrogens is 3. The highest BCUT2D eigenvalue weighted by Gasteiger charge is 2.31. The van der Waals surface area contributed by atoms with Gasteiger partial charge in [0.05, 0.1) is 17.9 Å². The van der Waals surface area contributed by atoms with Gasteiger partial charge < -0.3 is 4.57 Å². The Labute approximate surface area is 200 Å². The minimum absolute atomic E-state index is 0.0616. The van der Waals surface area contributed by atoms with E-state index in [1.54, 1.807) is 18.4 Å². The summed E-state index contributed by atoms with van der Waals surface area (Å²) in [6.07, 6.45) is -2.52. The first-order valence-electron chi connectivity index (χ1n) is 10.6. The van der Waals surface area contributed by atoms with Crippen LogP contribution in [0, 0.1) is 13.8 Å². The van der Waals surface area contributed by atoms with Gasteiger partial charge in [0.15, 0.2) is 5.65 Å². The number of hydrogen-bond donors (Lipinski definition) is 1. The molecule has 2 heterocycles. The Kier molecular flexibility index (Phi) is 7.56. The van der Waals surface area contributed by atoms with Gasteiger partial charge in [-0.15, -0.1) is 0 Å². The van der Waals surface area contributed by atoms with Crippen molar-refractivity contribution in [1.82, 2.24) is 19.3 Å². The average Bonchev–Trinajstić information content (AvgIpc) is 3.04. The summed E-state index contributed by atoms with van der Waals surface area (Å²) in [4.78, 5) is 21.4. The van der Waals surface area contributed by atoms with Gasteiger partial charge in [-0.3, -0.25) is 4.79 Å². The molecule has 0 saturated heterocycles. The second-order valence-electron chi connectivity index (χ2n) is 8.00. The number of imidazole rings is 1. The first kappa shape index (κ1) is 26.0. The monoisotopic (exact) mass is 516 g/mol. The van der Waals surface area contributed by atoms with Gasteiger partial charge in [-0.2, -0.15) is 13.2 Å². The SMILES string of the molecule is CCCCCS(=O)(=O)NC(=O)c1cc(C)c2nc(C)n(Cc3ccc(C(F)(F)F)cc3Cl)c2n1. The van der Waals surface area contributed by atoms with Crippen molar-refractivity contribution < 1.29 is 26.4 Å². The number of amides is 1. The summed E-state index contributed by atoms with van der Waals surface area (Å²) in [5, 5.41) is -0.0696. The standard InChI is InChI=1S/C22H24ClF3N4O3S/c1-4-5-6-9-34(32,33)29-21(31)18-10-13(2)19-20(28-18)30(14(3)27-19)12-15-7-8-16(11-17(15)23)22(24,25)26/h7-8,10-11H,4-6,9,12H2,1-3H3,(H,29,31). The van der Waals surface area contributed by atoms with Crippen LogP contribution >= 0.6 is 11.6 Å². The van der Waals surface area contributed by atoms with E-state index in [0.717, 1.165) is 25.0 Å². The van der Waals surface area contributed by atoms with Crippen LogP contribution in [0.15, 0.2) is 24.3 Å². The molecule has 0 fully saturated rings. The van der Waals surface area contributed by atoms with Crippen molar-refractivity contribution in [2.45, 2.75) is 52.8 Å². The fourth-order valence-corrected chi connectivity index (χ4v) is 4.78. The highest BCUT2D eigenvalue weighted by atomic mass is 35.5. The van der Waals surface area contributed by atoms with Crippen molar-refractivity contribution >= 4 is 38.7 Å². The average molecular weight is 517 g/mol. The van der Waals surface area contributed by atoms with Crippen LogP contribution in [-0.4, -0.2) is 34.6 Å². The minimum atomic E-state index is -4.52. The van der Waals surface area contributed by atoms with E-state index in [0.29, 0.717) is 34.5 Å². The molecule has 7 nitrogen and oxygen atoms in total. The minimum Gasteiger partial charge on any atom is -0.308 e. The van der Waals surface area contributed by atoms with Gasteiger partial charge in [0, 0.05) is 5.02 Å². The number of carbonyl (C=O) groups excluding carboxylic acids is 1. The summed E-state index contributed by atoms with van der Waals surface area (Å²) in [6, 6.07) is 4.52. The number of pyridine rings is 1. The maximum Gasteiger partial charge on any atom is 0.416 e. The molecule has 0 radical (unpaired) electrons. The number of nitrogens with zero attached hydrogens (tertiary/aromatic N) is 3. The van der Waals surface area contributed by atoms with Crippen LogP contribution in [0.1, 0.15) is 59.2 Å². The van der Waals surface area contributed by atoms with Crippen LogP contribution in [0.25, 0.3) is 11.2 Å². The maximum atomic E-state index is 13.0. The fourth-order valence-electron chi connectivity index (χ4n) is 3.47. The van der Waals surface area contributed by atoms with Gasteiger partial charge in [0.2, 0.25) is 10.0 Å². The van der Waals surface area contributed by atoms with Gasteiger partial charge in [-0.05, 0) is 49.6 Å². The van der Waals surface area contributed by atoms with Crippen LogP contribution in [-0.2, 0) is 22.7 Å². The maximum absolute atomic E-state index is 13.0. The van der Waals surface area contributed by atoms with Crippen molar-refractivity contribution in [3.63, 3.8) is 0 Å². The normalized spacial score (nSPS) is 12.3. The number of sulfonamides is 1. The van der Waals surface area contributed by atoms with E-state index in [1.165, 1.54) is 12.1 Å². The first-order valence-corrected chi connectivity index (χ1v) is 12.6. The molecule has 1 amide bonds. The van der Waals surface area contributed by atoms with E-state index < -0.39 is 27.7 Å². The van der Waals surface area contributed by atoms with E-state index in [-0.39, 0.29) is 23.0 Å². The molecule has 0 saturated carbocycles. The molecular formula is C22H24ClF3N4O3S. The summed E-state index contributed by atoms with van der Waals surface area (Å²) >= 11 is 6.11. The number of fused-ring (bicyclic) bond motifs is 1. The van der Waals surface area contributed by atoms with Crippen LogP contribution in [0.5, 0.6) is 0 Å². The lowest BCUT2D eigenvalue weighted by Crippen LogP contribution is -2.33. The highest BCUT2D eigenvalue weighted by Crippen LogP contribution is 2.32. The summed E-state index contributed by atoms with van der Waals surface area (Å²) in [7, 11) is -3.81. The molecule has 1 N–H and O–H groups in total. The lowest BCUT2D eigenvalue weighted by atomic mass is 10.1. The Balaban J connectivity index is 1.94. The molecule has 0 aliphatic rings. The molecule has 0 unspecified atom stereocenters. The van der Waals surface area contributed by atoms with Gasteiger partial charge in [-0.1, -0.05) is 37.4 Å². The van der Waals surface area contributed by atoms with E-state index in [2.05, 4.69) is 9.97 Å². The predicted molar refractivity (Wildman–Crippen MR) is 123 cm³/mol. The van der Waals surface area contributed by atoms with Crippen molar-refractivity contribution in [1.29, 1.82) is 0 Å². The third kappa shape index (κ3) is 5.87. The Morgan fingerprint density at radius 1 is 1.15 bits per heavy atom. The largest absolute Gasteiger partial charge is 0.416 e. The second-order valence-corrected chi connectivity index (χ2v) is 10.3. The van der Waals surface area contributed by atoms with Crippen LogP contribution in [0.2, 0.25) is 5.02 Å². The molecule has 184 valence electrons. The zero-order chi connectivity index (χ0) is 25.3. The van der Waals surface area contributed by atoms with Crippen LogP contribution in [0.3, 0.4) is 0 Å². The molecule has 3 rings (SSSR count). The molecule has 34 heavy (non-hydrogen) atoms. The summed E-state index contributed by atoms with van der Waals surface area (Å²) in [5.41, 5.74) is 0.818. The number of benzene rings is 1. The Bertz CT molecular complexity index is 1340. The van der Waals surface area contributed by atoms with Crippen molar-refractivity contribution in [2.75, 3.05) is 5.75 Å². The number of hydrogen-bond acceptors (Lipinski definition) is 5. The number of halogens is 4. The molecule has 12 heteroatoms. The number of alkyl halides is 3. The van der Waals surface area contributed by atoms with E-state index in [1.807, 2.05) is 11.6 Å². The molecule has 2 aromatic heterocycles. The number of unbranched alkanes of at least 4 members (excludes halogenated alkanes) is 2.